The van der Waals surface area contributed by atoms with Crippen LogP contribution in [-0.4, -0.2) is 96.9 Å². The van der Waals surface area contributed by atoms with Crippen LogP contribution in [0.5, 0.6) is 5.75 Å². The molecule has 0 saturated carbocycles. The van der Waals surface area contributed by atoms with Crippen molar-refractivity contribution in [1.29, 1.82) is 0 Å². The minimum atomic E-state index is -0.388. The third kappa shape index (κ3) is 4.08. The van der Waals surface area contributed by atoms with E-state index in [2.05, 4.69) is 45.1 Å². The number of rotatable bonds is 6. The van der Waals surface area contributed by atoms with E-state index >= 15 is 0 Å². The molecular formula is C28H34N4O4. The van der Waals surface area contributed by atoms with Crippen LogP contribution < -0.4 is 4.74 Å². The van der Waals surface area contributed by atoms with Crippen LogP contribution in [0.1, 0.15) is 22.9 Å². The smallest absolute Gasteiger partial charge is 0.237 e. The van der Waals surface area contributed by atoms with Crippen LogP contribution in [0.4, 0.5) is 0 Å². The molecule has 6 rings (SSSR count). The van der Waals surface area contributed by atoms with Gasteiger partial charge in [0, 0.05) is 67.3 Å². The van der Waals surface area contributed by atoms with Gasteiger partial charge < -0.3 is 24.5 Å². The van der Waals surface area contributed by atoms with E-state index in [4.69, 9.17) is 9.47 Å². The van der Waals surface area contributed by atoms with E-state index in [0.717, 1.165) is 55.1 Å². The SMILES string of the molecule is COc1ccc2c3c([nH]c2c1)[C@H](CO)N(C(=O)CN1CCOCC1)CC31CN(Cc2ccccc2)C1. The van der Waals surface area contributed by atoms with Gasteiger partial charge in [-0.1, -0.05) is 30.3 Å². The molecule has 3 aromatic rings. The van der Waals surface area contributed by atoms with Crippen LogP contribution in [0.3, 0.4) is 0 Å². The molecular weight excluding hydrogens is 456 g/mol. The molecule has 4 heterocycles. The predicted octanol–water partition coefficient (Wildman–Crippen LogP) is 2.14. The number of methoxy groups -OCH3 is 1. The number of benzene rings is 2. The number of likely N-dealkylation sites (tertiary alicyclic amines) is 1. The third-order valence-corrected chi connectivity index (χ3v) is 8.00. The van der Waals surface area contributed by atoms with Crippen LogP contribution >= 0.6 is 0 Å². The van der Waals surface area contributed by atoms with Gasteiger partial charge in [0.05, 0.1) is 39.5 Å². The molecule has 2 fully saturated rings. The number of amides is 1. The predicted molar refractivity (Wildman–Crippen MR) is 137 cm³/mol. The summed E-state index contributed by atoms with van der Waals surface area (Å²) in [5, 5.41) is 11.7. The highest BCUT2D eigenvalue weighted by Gasteiger charge is 2.53. The summed E-state index contributed by atoms with van der Waals surface area (Å²) in [4.78, 5) is 23.8. The lowest BCUT2D eigenvalue weighted by Gasteiger charge is -2.56. The second-order valence-corrected chi connectivity index (χ2v) is 10.3. The Morgan fingerprint density at radius 2 is 1.89 bits per heavy atom. The van der Waals surface area contributed by atoms with Gasteiger partial charge in [-0.2, -0.15) is 0 Å². The number of hydrogen-bond acceptors (Lipinski definition) is 6. The van der Waals surface area contributed by atoms with Gasteiger partial charge in [0.25, 0.3) is 0 Å². The number of fused-ring (bicyclic) bond motifs is 4. The van der Waals surface area contributed by atoms with Crippen molar-refractivity contribution in [3.8, 4) is 5.75 Å². The number of ether oxygens (including phenoxy) is 2. The van der Waals surface area contributed by atoms with Gasteiger partial charge in [0.2, 0.25) is 5.91 Å². The van der Waals surface area contributed by atoms with Crippen molar-refractivity contribution in [2.24, 2.45) is 0 Å². The Labute approximate surface area is 211 Å². The van der Waals surface area contributed by atoms with E-state index in [1.165, 1.54) is 11.1 Å². The molecule has 0 radical (unpaired) electrons. The number of morpholine rings is 1. The van der Waals surface area contributed by atoms with Gasteiger partial charge in [-0.3, -0.25) is 14.6 Å². The topological polar surface area (TPSA) is 81.3 Å². The molecule has 1 atom stereocenters. The number of nitrogens with one attached hydrogen (secondary N) is 1. The minimum Gasteiger partial charge on any atom is -0.497 e. The van der Waals surface area contributed by atoms with Crippen molar-refractivity contribution in [3.05, 3.63) is 65.4 Å². The molecule has 2 aromatic carbocycles. The number of carbonyl (C=O) groups excluding carboxylic acids is 1. The van der Waals surface area contributed by atoms with Crippen molar-refractivity contribution in [2.75, 3.05) is 66.2 Å². The van der Waals surface area contributed by atoms with Gasteiger partial charge in [-0.15, -0.1) is 0 Å². The van der Waals surface area contributed by atoms with Crippen molar-refractivity contribution in [2.45, 2.75) is 18.0 Å². The summed E-state index contributed by atoms with van der Waals surface area (Å²) in [7, 11) is 1.67. The third-order valence-electron chi connectivity index (χ3n) is 8.00. The molecule has 8 nitrogen and oxygen atoms in total. The van der Waals surface area contributed by atoms with Crippen LogP contribution in [0.2, 0.25) is 0 Å². The summed E-state index contributed by atoms with van der Waals surface area (Å²) >= 11 is 0. The number of nitrogens with zero attached hydrogens (tertiary/aromatic N) is 3. The molecule has 2 N–H and O–H groups in total. The van der Waals surface area contributed by atoms with Crippen LogP contribution in [0.25, 0.3) is 10.9 Å². The first-order valence-electron chi connectivity index (χ1n) is 12.8. The van der Waals surface area contributed by atoms with Gasteiger partial charge in [0.1, 0.15) is 5.75 Å². The molecule has 0 aliphatic carbocycles. The Kier molecular flexibility index (Phi) is 6.21. The van der Waals surface area contributed by atoms with Gasteiger partial charge in [0.15, 0.2) is 0 Å². The Balaban J connectivity index is 1.35. The number of hydrogen-bond donors (Lipinski definition) is 2. The van der Waals surface area contributed by atoms with E-state index in [0.29, 0.717) is 26.3 Å². The highest BCUT2D eigenvalue weighted by Crippen LogP contribution is 2.48. The summed E-state index contributed by atoms with van der Waals surface area (Å²) in [5.74, 6) is 0.856. The average Bonchev–Trinajstić information content (AvgIpc) is 3.27. The normalized spacial score (nSPS) is 21.9. The number of aromatic amines is 1. The van der Waals surface area contributed by atoms with Gasteiger partial charge in [-0.05, 0) is 23.3 Å². The molecule has 1 aromatic heterocycles. The van der Waals surface area contributed by atoms with Crippen LogP contribution in [-0.2, 0) is 21.5 Å². The molecule has 0 unspecified atom stereocenters. The highest BCUT2D eigenvalue weighted by atomic mass is 16.5. The fourth-order valence-electron chi connectivity index (χ4n) is 6.33. The van der Waals surface area contributed by atoms with E-state index in [1.807, 2.05) is 23.1 Å². The summed E-state index contributed by atoms with van der Waals surface area (Å²) in [6, 6.07) is 16.3. The first-order chi connectivity index (χ1) is 17.6. The lowest BCUT2D eigenvalue weighted by molar-refractivity contribution is -0.141. The highest BCUT2D eigenvalue weighted by molar-refractivity contribution is 5.89. The lowest BCUT2D eigenvalue weighted by Crippen LogP contribution is -2.67. The summed E-state index contributed by atoms with van der Waals surface area (Å²) in [6.07, 6.45) is 0. The van der Waals surface area contributed by atoms with Crippen LogP contribution in [0, 0.1) is 0 Å². The molecule has 0 bridgehead atoms. The van der Waals surface area contributed by atoms with Crippen LogP contribution in [0.15, 0.2) is 48.5 Å². The number of carbonyl (C=O) groups is 1. The fourth-order valence-corrected chi connectivity index (χ4v) is 6.33. The van der Waals surface area contributed by atoms with Crippen molar-refractivity contribution >= 4 is 16.8 Å². The first-order valence-corrected chi connectivity index (χ1v) is 12.8. The Bertz CT molecular complexity index is 1230. The summed E-state index contributed by atoms with van der Waals surface area (Å²) < 4.78 is 10.9. The molecule has 36 heavy (non-hydrogen) atoms. The molecule has 3 aliphatic heterocycles. The number of aliphatic hydroxyl groups excluding tert-OH is 1. The zero-order valence-electron chi connectivity index (χ0n) is 20.8. The van der Waals surface area contributed by atoms with Gasteiger partial charge >= 0.3 is 0 Å². The molecule has 8 heteroatoms. The molecule has 3 aliphatic rings. The monoisotopic (exact) mass is 490 g/mol. The maximum atomic E-state index is 13.6. The van der Waals surface area contributed by atoms with E-state index < -0.39 is 0 Å². The Morgan fingerprint density at radius 1 is 1.11 bits per heavy atom. The second kappa shape index (κ2) is 9.52. The maximum absolute atomic E-state index is 13.6. The van der Waals surface area contributed by atoms with Crippen molar-refractivity contribution in [1.82, 2.24) is 19.7 Å². The molecule has 190 valence electrons. The largest absolute Gasteiger partial charge is 0.497 e. The quantitative estimate of drug-likeness (QED) is 0.551. The summed E-state index contributed by atoms with van der Waals surface area (Å²) in [6.45, 7) is 6.31. The zero-order valence-corrected chi connectivity index (χ0v) is 20.8. The molecule has 1 spiro atoms. The second-order valence-electron chi connectivity index (χ2n) is 10.3. The van der Waals surface area contributed by atoms with Crippen molar-refractivity contribution < 1.29 is 19.4 Å². The number of aliphatic hydroxyl groups is 1. The zero-order chi connectivity index (χ0) is 24.7. The fraction of sp³-hybridized carbons (Fsp3) is 0.464. The maximum Gasteiger partial charge on any atom is 0.237 e. The van der Waals surface area contributed by atoms with E-state index in [1.54, 1.807) is 7.11 Å². The van der Waals surface area contributed by atoms with E-state index in [9.17, 15) is 9.90 Å². The molecule has 2 saturated heterocycles. The number of H-pyrrole nitrogens is 1. The number of aromatic nitrogens is 1. The minimum absolute atomic E-state index is 0.0683. The lowest BCUT2D eigenvalue weighted by atomic mass is 9.68. The first kappa shape index (κ1) is 23.5. The van der Waals surface area contributed by atoms with Crippen molar-refractivity contribution in [3.63, 3.8) is 0 Å². The average molecular weight is 491 g/mol. The standard InChI is InChI=1S/C28H34N4O4/c1-35-21-7-8-22-23(13-21)29-27-24(16-33)32(25(34)15-30-9-11-36-12-10-30)19-28(26(22)27)17-31(18-28)14-20-5-3-2-4-6-20/h2-8,13,24,29,33H,9-12,14-19H2,1H3/t24-/m0/s1. The Hall–Kier alpha value is -2.91. The molecule has 1 amide bonds. The summed E-state index contributed by atoms with van der Waals surface area (Å²) in [5.41, 5.74) is 4.31. The van der Waals surface area contributed by atoms with E-state index in [-0.39, 0.29) is 24.0 Å². The Morgan fingerprint density at radius 3 is 2.61 bits per heavy atom. The van der Waals surface area contributed by atoms with Gasteiger partial charge in [-0.25, -0.2) is 0 Å².